The number of nitrogens with one attached hydrogen (secondary N) is 2. The molecule has 0 saturated heterocycles. The van der Waals surface area contributed by atoms with E-state index in [1.54, 1.807) is 6.92 Å². The largest absolute Gasteiger partial charge is 0.391 e. The first-order valence-electron chi connectivity index (χ1n) is 5.67. The van der Waals surface area contributed by atoms with Crippen LogP contribution in [-0.2, 0) is 0 Å². The second-order valence-corrected chi connectivity index (χ2v) is 4.41. The van der Waals surface area contributed by atoms with Gasteiger partial charge in [0.1, 0.15) is 11.8 Å². The van der Waals surface area contributed by atoms with Gasteiger partial charge >= 0.3 is 0 Å². The maximum atomic E-state index is 11.7. The fourth-order valence-electron chi connectivity index (χ4n) is 1.58. The Labute approximate surface area is 110 Å². The topological polar surface area (TPSA) is 150 Å². The van der Waals surface area contributed by atoms with Crippen LogP contribution >= 0.6 is 0 Å². The predicted molar refractivity (Wildman–Crippen MR) is 73.6 cm³/mol. The minimum atomic E-state index is -1.14. The zero-order valence-corrected chi connectivity index (χ0v) is 10.8. The lowest BCUT2D eigenvalue weighted by Gasteiger charge is -2.27. The average Bonchev–Trinajstić information content (AvgIpc) is 2.26. The zero-order chi connectivity index (χ0) is 14.7. The molecule has 1 heterocycles. The van der Waals surface area contributed by atoms with Crippen LogP contribution in [0.2, 0.25) is 0 Å². The molecule has 0 fully saturated rings. The molecule has 1 aromatic heterocycles. The number of aromatic amines is 1. The van der Waals surface area contributed by atoms with Crippen LogP contribution in [0.5, 0.6) is 0 Å². The van der Waals surface area contributed by atoms with Gasteiger partial charge in [0.2, 0.25) is 5.95 Å². The van der Waals surface area contributed by atoms with Gasteiger partial charge in [-0.05, 0) is 13.8 Å². The molecule has 8 N–H and O–H groups in total. The van der Waals surface area contributed by atoms with Gasteiger partial charge in [-0.3, -0.25) is 9.78 Å². The first-order valence-corrected chi connectivity index (χ1v) is 5.67. The summed E-state index contributed by atoms with van der Waals surface area (Å²) >= 11 is 0. The Morgan fingerprint density at radius 2 is 2.05 bits per heavy atom. The molecule has 0 unspecified atom stereocenters. The number of aliphatic hydroxyl groups excluding tert-OH is 2. The van der Waals surface area contributed by atoms with Gasteiger partial charge in [0.15, 0.2) is 5.82 Å². The van der Waals surface area contributed by atoms with Crippen molar-refractivity contribution in [1.82, 2.24) is 9.97 Å². The monoisotopic (exact) mass is 269 g/mol. The van der Waals surface area contributed by atoms with Gasteiger partial charge in [0, 0.05) is 0 Å². The van der Waals surface area contributed by atoms with Crippen LogP contribution in [-0.4, -0.2) is 38.4 Å². The number of aromatic nitrogens is 2. The first-order chi connectivity index (χ1) is 8.73. The Kier molecular flexibility index (Phi) is 4.52. The van der Waals surface area contributed by atoms with Crippen molar-refractivity contribution in [2.45, 2.75) is 32.1 Å². The number of nitrogens with two attached hydrogens (primary N) is 2. The van der Waals surface area contributed by atoms with E-state index in [1.807, 2.05) is 0 Å². The molecule has 106 valence electrons. The highest BCUT2D eigenvalue weighted by Gasteiger charge is 2.25. The maximum Gasteiger partial charge on any atom is 0.277 e. The van der Waals surface area contributed by atoms with E-state index in [2.05, 4.69) is 21.9 Å². The Hall–Kier alpha value is -2.06. The van der Waals surface area contributed by atoms with Crippen molar-refractivity contribution in [3.05, 3.63) is 22.5 Å². The number of H-pyrrole nitrogens is 1. The van der Waals surface area contributed by atoms with Crippen LogP contribution in [0.25, 0.3) is 0 Å². The Bertz CT molecular complexity index is 526. The Balaban J connectivity index is 3.11. The second-order valence-electron chi connectivity index (χ2n) is 4.41. The van der Waals surface area contributed by atoms with Crippen molar-refractivity contribution in [3.8, 4) is 0 Å². The number of nitrogen functional groups attached to an aromatic ring is 2. The minimum Gasteiger partial charge on any atom is -0.391 e. The summed E-state index contributed by atoms with van der Waals surface area (Å²) in [5, 5.41) is 22.0. The highest BCUT2D eigenvalue weighted by molar-refractivity contribution is 5.62. The SMILES string of the molecule is C=C(C)[C@@H](Nc1c(N)nc(N)[nH]c1=O)[C@@H](O)[C@H](C)O. The van der Waals surface area contributed by atoms with E-state index in [0.29, 0.717) is 5.57 Å². The number of nitrogens with zero attached hydrogens (tertiary/aromatic N) is 1. The van der Waals surface area contributed by atoms with Crippen molar-refractivity contribution in [3.63, 3.8) is 0 Å². The van der Waals surface area contributed by atoms with Gasteiger partial charge in [-0.15, -0.1) is 0 Å². The molecule has 1 rings (SSSR count). The summed E-state index contributed by atoms with van der Waals surface area (Å²) in [6.07, 6.45) is -2.15. The summed E-state index contributed by atoms with van der Waals surface area (Å²) in [5.74, 6) is -0.193. The standard InChI is InChI=1S/C11H19N5O3/c1-4(2)6(8(18)5(3)17)14-7-9(12)15-11(13)16-10(7)19/h5-6,8,14,17-18H,1H2,2-3H3,(H5,12,13,15,16,19)/t5-,6+,8-/m0/s1. The normalized spacial score (nSPS) is 15.6. The molecule has 0 aliphatic heterocycles. The van der Waals surface area contributed by atoms with E-state index >= 15 is 0 Å². The molecule has 3 atom stereocenters. The van der Waals surface area contributed by atoms with Crippen molar-refractivity contribution in [1.29, 1.82) is 0 Å². The van der Waals surface area contributed by atoms with Gasteiger partial charge in [-0.2, -0.15) is 4.98 Å². The fourth-order valence-corrected chi connectivity index (χ4v) is 1.58. The molecular weight excluding hydrogens is 250 g/mol. The highest BCUT2D eigenvalue weighted by Crippen LogP contribution is 2.17. The van der Waals surface area contributed by atoms with Gasteiger partial charge < -0.3 is 27.0 Å². The fraction of sp³-hybridized carbons (Fsp3) is 0.455. The number of hydrogen-bond acceptors (Lipinski definition) is 7. The molecule has 8 nitrogen and oxygen atoms in total. The van der Waals surface area contributed by atoms with E-state index < -0.39 is 23.8 Å². The van der Waals surface area contributed by atoms with Crippen LogP contribution in [0.3, 0.4) is 0 Å². The average molecular weight is 269 g/mol. The summed E-state index contributed by atoms with van der Waals surface area (Å²) in [4.78, 5) is 17.7. The third kappa shape index (κ3) is 3.46. The number of aliphatic hydroxyl groups is 2. The molecule has 0 aliphatic rings. The van der Waals surface area contributed by atoms with E-state index in [1.165, 1.54) is 6.92 Å². The quantitative estimate of drug-likeness (QED) is 0.376. The molecule has 19 heavy (non-hydrogen) atoms. The minimum absolute atomic E-state index is 0.0260. The molecule has 0 saturated carbocycles. The zero-order valence-electron chi connectivity index (χ0n) is 10.8. The molecule has 0 radical (unpaired) electrons. The van der Waals surface area contributed by atoms with Crippen LogP contribution in [0.4, 0.5) is 17.5 Å². The lowest BCUT2D eigenvalue weighted by atomic mass is 10.0. The van der Waals surface area contributed by atoms with Crippen LogP contribution in [0.1, 0.15) is 13.8 Å². The van der Waals surface area contributed by atoms with E-state index in [9.17, 15) is 15.0 Å². The van der Waals surface area contributed by atoms with Gasteiger partial charge in [-0.25, -0.2) is 0 Å². The van der Waals surface area contributed by atoms with Gasteiger partial charge in [-0.1, -0.05) is 12.2 Å². The van der Waals surface area contributed by atoms with Crippen molar-refractivity contribution >= 4 is 17.5 Å². The summed E-state index contributed by atoms with van der Waals surface area (Å²) in [6, 6.07) is -0.742. The van der Waals surface area contributed by atoms with Crippen molar-refractivity contribution in [2.24, 2.45) is 0 Å². The maximum absolute atomic E-state index is 11.7. The highest BCUT2D eigenvalue weighted by atomic mass is 16.3. The number of anilines is 3. The predicted octanol–water partition coefficient (Wildman–Crippen LogP) is -0.967. The molecule has 8 heteroatoms. The summed E-state index contributed by atoms with van der Waals surface area (Å²) in [6.45, 7) is 6.78. The van der Waals surface area contributed by atoms with Gasteiger partial charge in [0.05, 0.1) is 12.1 Å². The van der Waals surface area contributed by atoms with Crippen LogP contribution < -0.4 is 22.3 Å². The smallest absolute Gasteiger partial charge is 0.277 e. The third-order valence-corrected chi connectivity index (χ3v) is 2.63. The summed E-state index contributed by atoms with van der Waals surface area (Å²) in [7, 11) is 0. The van der Waals surface area contributed by atoms with Gasteiger partial charge in [0.25, 0.3) is 5.56 Å². The molecule has 0 spiro atoms. The Morgan fingerprint density at radius 3 is 2.47 bits per heavy atom. The number of rotatable bonds is 5. The molecule has 0 aliphatic carbocycles. The summed E-state index contributed by atoms with van der Waals surface area (Å²) < 4.78 is 0. The number of hydrogen-bond donors (Lipinski definition) is 6. The van der Waals surface area contributed by atoms with E-state index in [4.69, 9.17) is 11.5 Å². The molecule has 0 aromatic carbocycles. The van der Waals surface area contributed by atoms with E-state index in [0.717, 1.165) is 0 Å². The molecule has 0 bridgehead atoms. The van der Waals surface area contributed by atoms with Crippen molar-refractivity contribution in [2.75, 3.05) is 16.8 Å². The molecule has 0 amide bonds. The van der Waals surface area contributed by atoms with E-state index in [-0.39, 0.29) is 17.5 Å². The summed E-state index contributed by atoms with van der Waals surface area (Å²) in [5.41, 5.74) is 10.9. The third-order valence-electron chi connectivity index (χ3n) is 2.63. The lowest BCUT2D eigenvalue weighted by molar-refractivity contribution is 0.0258. The van der Waals surface area contributed by atoms with Crippen LogP contribution in [0, 0.1) is 0 Å². The molecule has 1 aromatic rings. The second kappa shape index (κ2) is 5.72. The first kappa shape index (κ1) is 15.0. The molecular formula is C11H19N5O3. The lowest BCUT2D eigenvalue weighted by Crippen LogP contribution is -2.42. The Morgan fingerprint density at radius 1 is 1.47 bits per heavy atom. The van der Waals surface area contributed by atoms with Crippen molar-refractivity contribution < 1.29 is 10.2 Å². The van der Waals surface area contributed by atoms with Crippen LogP contribution in [0.15, 0.2) is 16.9 Å².